The zero-order valence-corrected chi connectivity index (χ0v) is 13.6. The number of anilines is 1. The van der Waals surface area contributed by atoms with Gasteiger partial charge in [0.2, 0.25) is 5.82 Å². The lowest BCUT2D eigenvalue weighted by molar-refractivity contribution is 0.122. The minimum Gasteiger partial charge on any atom is -0.461 e. The molecule has 3 aromatic rings. The highest BCUT2D eigenvalue weighted by Gasteiger charge is 2.21. The highest BCUT2D eigenvalue weighted by molar-refractivity contribution is 6.30. The second-order valence-electron chi connectivity index (χ2n) is 5.39. The molecule has 1 aromatic carbocycles. The number of benzene rings is 1. The van der Waals surface area contributed by atoms with Crippen molar-refractivity contribution in [3.05, 3.63) is 47.7 Å². The first kappa shape index (κ1) is 15.1. The number of hydrogen-bond acceptors (Lipinski definition) is 6. The van der Waals surface area contributed by atoms with Gasteiger partial charge in [-0.05, 0) is 24.3 Å². The van der Waals surface area contributed by atoms with Gasteiger partial charge < -0.3 is 14.1 Å². The fraction of sp³-hybridized carbons (Fsp3) is 0.235. The molecule has 2 aromatic heterocycles. The maximum absolute atomic E-state index is 5.99. The third-order valence-electron chi connectivity index (χ3n) is 3.84. The second kappa shape index (κ2) is 6.59. The fourth-order valence-corrected chi connectivity index (χ4v) is 2.74. The number of aromatic nitrogens is 3. The Labute approximate surface area is 144 Å². The van der Waals surface area contributed by atoms with Crippen molar-refractivity contribution in [3.8, 4) is 22.8 Å². The molecule has 0 spiro atoms. The minimum absolute atomic E-state index is 0.471. The van der Waals surface area contributed by atoms with Crippen molar-refractivity contribution in [1.29, 1.82) is 0 Å². The van der Waals surface area contributed by atoms with E-state index in [1.165, 1.54) is 0 Å². The number of morpholine rings is 1. The molecule has 1 aliphatic rings. The minimum atomic E-state index is 0.471. The van der Waals surface area contributed by atoms with Crippen LogP contribution >= 0.6 is 11.6 Å². The average Bonchev–Trinajstić information content (AvgIpc) is 3.17. The van der Waals surface area contributed by atoms with Gasteiger partial charge >= 0.3 is 0 Å². The van der Waals surface area contributed by atoms with E-state index in [0.29, 0.717) is 29.8 Å². The molecule has 4 rings (SSSR count). The van der Waals surface area contributed by atoms with Gasteiger partial charge in [-0.1, -0.05) is 23.7 Å². The van der Waals surface area contributed by atoms with Gasteiger partial charge in [0, 0.05) is 23.7 Å². The van der Waals surface area contributed by atoms with Gasteiger partial charge in [0.1, 0.15) is 5.69 Å². The van der Waals surface area contributed by atoms with Gasteiger partial charge in [0.05, 0.1) is 19.5 Å². The lowest BCUT2D eigenvalue weighted by Crippen LogP contribution is -2.37. The average molecular weight is 343 g/mol. The van der Waals surface area contributed by atoms with E-state index >= 15 is 0 Å². The van der Waals surface area contributed by atoms with Crippen LogP contribution in [0.3, 0.4) is 0 Å². The van der Waals surface area contributed by atoms with Crippen molar-refractivity contribution in [1.82, 2.24) is 15.2 Å². The Balaban J connectivity index is 1.81. The van der Waals surface area contributed by atoms with Crippen LogP contribution in [0.15, 0.2) is 47.1 Å². The van der Waals surface area contributed by atoms with Crippen LogP contribution in [0.25, 0.3) is 22.8 Å². The van der Waals surface area contributed by atoms with Gasteiger partial charge in [-0.25, -0.2) is 4.98 Å². The Morgan fingerprint density at radius 1 is 1.00 bits per heavy atom. The van der Waals surface area contributed by atoms with Crippen LogP contribution in [0.5, 0.6) is 0 Å². The molecule has 0 N–H and O–H groups in total. The first-order valence-corrected chi connectivity index (χ1v) is 8.06. The van der Waals surface area contributed by atoms with E-state index in [-0.39, 0.29) is 0 Å². The first-order chi connectivity index (χ1) is 11.8. The Hall–Kier alpha value is -2.44. The molecule has 122 valence electrons. The van der Waals surface area contributed by atoms with E-state index in [1.54, 1.807) is 12.3 Å². The van der Waals surface area contributed by atoms with Crippen LogP contribution in [0.2, 0.25) is 5.02 Å². The summed E-state index contributed by atoms with van der Waals surface area (Å²) in [5, 5.41) is 9.32. The highest BCUT2D eigenvalue weighted by atomic mass is 35.5. The molecule has 0 atom stereocenters. The Morgan fingerprint density at radius 2 is 1.79 bits per heavy atom. The largest absolute Gasteiger partial charge is 0.461 e. The molecule has 7 heteroatoms. The quantitative estimate of drug-likeness (QED) is 0.727. The molecule has 6 nitrogen and oxygen atoms in total. The summed E-state index contributed by atoms with van der Waals surface area (Å²) in [4.78, 5) is 6.87. The SMILES string of the molecule is Clc1ccc(-c2nnc(-c3ccco3)nc2N2CCOCC2)cc1. The maximum atomic E-state index is 5.99. The predicted octanol–water partition coefficient (Wildman–Crippen LogP) is 3.29. The molecule has 1 aliphatic heterocycles. The summed E-state index contributed by atoms with van der Waals surface area (Å²) in [5.41, 5.74) is 1.65. The standard InChI is InChI=1S/C17H15ClN4O2/c18-13-5-3-12(4-6-13)15-17(22-7-10-23-11-8-22)19-16(21-20-15)14-2-1-9-24-14/h1-6,9H,7-8,10-11H2. The van der Waals surface area contributed by atoms with E-state index in [4.69, 9.17) is 25.7 Å². The fourth-order valence-electron chi connectivity index (χ4n) is 2.62. The summed E-state index contributed by atoms with van der Waals surface area (Å²) in [6.07, 6.45) is 1.60. The van der Waals surface area contributed by atoms with E-state index < -0.39 is 0 Å². The Bertz CT molecular complexity index is 815. The second-order valence-corrected chi connectivity index (χ2v) is 5.83. The lowest BCUT2D eigenvalue weighted by atomic mass is 10.1. The van der Waals surface area contributed by atoms with E-state index in [9.17, 15) is 0 Å². The molecule has 3 heterocycles. The molecule has 0 bridgehead atoms. The number of furan rings is 1. The number of halogens is 1. The summed E-state index contributed by atoms with van der Waals surface area (Å²) in [6.45, 7) is 2.86. The van der Waals surface area contributed by atoms with Crippen LogP contribution in [0.1, 0.15) is 0 Å². The first-order valence-electron chi connectivity index (χ1n) is 7.68. The summed E-state index contributed by atoms with van der Waals surface area (Å²) in [5.74, 6) is 1.85. The molecule has 0 unspecified atom stereocenters. The monoisotopic (exact) mass is 342 g/mol. The summed E-state index contributed by atoms with van der Waals surface area (Å²) in [7, 11) is 0. The molecule has 0 aliphatic carbocycles. The number of rotatable bonds is 3. The van der Waals surface area contributed by atoms with Crippen LogP contribution in [0.4, 0.5) is 5.82 Å². The number of hydrogen-bond donors (Lipinski definition) is 0. The predicted molar refractivity (Wildman–Crippen MR) is 91.0 cm³/mol. The topological polar surface area (TPSA) is 64.3 Å². The molecule has 0 saturated carbocycles. The van der Waals surface area contributed by atoms with Gasteiger partial charge in [-0.2, -0.15) is 0 Å². The summed E-state index contributed by atoms with van der Waals surface area (Å²) < 4.78 is 10.8. The smallest absolute Gasteiger partial charge is 0.219 e. The third-order valence-corrected chi connectivity index (χ3v) is 4.09. The van der Waals surface area contributed by atoms with Crippen molar-refractivity contribution >= 4 is 17.4 Å². The van der Waals surface area contributed by atoms with Gasteiger partial charge in [0.15, 0.2) is 11.6 Å². The molecular formula is C17H15ClN4O2. The molecule has 1 fully saturated rings. The molecule has 1 saturated heterocycles. The van der Waals surface area contributed by atoms with Crippen molar-refractivity contribution < 1.29 is 9.15 Å². The van der Waals surface area contributed by atoms with E-state index in [0.717, 1.165) is 30.2 Å². The number of nitrogens with zero attached hydrogens (tertiary/aromatic N) is 4. The molecule has 0 radical (unpaired) electrons. The van der Waals surface area contributed by atoms with Crippen LogP contribution in [0, 0.1) is 0 Å². The normalized spacial score (nSPS) is 14.8. The third kappa shape index (κ3) is 2.98. The van der Waals surface area contributed by atoms with Crippen molar-refractivity contribution in [2.24, 2.45) is 0 Å². The summed E-state index contributed by atoms with van der Waals surface area (Å²) in [6, 6.07) is 11.1. The van der Waals surface area contributed by atoms with Gasteiger partial charge in [0.25, 0.3) is 0 Å². The van der Waals surface area contributed by atoms with Gasteiger partial charge in [-0.15, -0.1) is 10.2 Å². The van der Waals surface area contributed by atoms with E-state index in [2.05, 4.69) is 15.1 Å². The van der Waals surface area contributed by atoms with Gasteiger partial charge in [-0.3, -0.25) is 0 Å². The van der Waals surface area contributed by atoms with Crippen LogP contribution in [-0.4, -0.2) is 41.5 Å². The molecule has 0 amide bonds. The molecule has 24 heavy (non-hydrogen) atoms. The Kier molecular flexibility index (Phi) is 4.15. The number of ether oxygens (including phenoxy) is 1. The van der Waals surface area contributed by atoms with E-state index in [1.807, 2.05) is 30.3 Å². The molecular weight excluding hydrogens is 328 g/mol. The summed E-state index contributed by atoms with van der Waals surface area (Å²) >= 11 is 5.99. The van der Waals surface area contributed by atoms with Crippen molar-refractivity contribution in [3.63, 3.8) is 0 Å². The zero-order valence-electron chi connectivity index (χ0n) is 12.9. The van der Waals surface area contributed by atoms with Crippen molar-refractivity contribution in [2.75, 3.05) is 31.2 Å². The van der Waals surface area contributed by atoms with Crippen molar-refractivity contribution in [2.45, 2.75) is 0 Å². The maximum Gasteiger partial charge on any atom is 0.219 e. The highest BCUT2D eigenvalue weighted by Crippen LogP contribution is 2.30. The lowest BCUT2D eigenvalue weighted by Gasteiger charge is -2.29. The zero-order chi connectivity index (χ0) is 16.4. The van der Waals surface area contributed by atoms with Crippen LogP contribution in [-0.2, 0) is 4.74 Å². The van der Waals surface area contributed by atoms with Crippen LogP contribution < -0.4 is 4.90 Å². The Morgan fingerprint density at radius 3 is 2.50 bits per heavy atom.